The van der Waals surface area contributed by atoms with E-state index < -0.39 is 17.8 Å². The van der Waals surface area contributed by atoms with Crippen LogP contribution in [-0.4, -0.2) is 36.4 Å². The van der Waals surface area contributed by atoms with Gasteiger partial charge < -0.3 is 15.0 Å². The lowest BCUT2D eigenvalue weighted by Gasteiger charge is -2.12. The molecule has 1 unspecified atom stereocenters. The maximum atomic E-state index is 12.7. The Morgan fingerprint density at radius 1 is 0.973 bits per heavy atom. The molecule has 0 aliphatic heterocycles. The minimum atomic E-state index is -4.33. The molecule has 3 rings (SSSR count). The number of aromatic nitrogens is 4. The molecule has 0 spiro atoms. The van der Waals surface area contributed by atoms with Crippen molar-refractivity contribution in [1.82, 2.24) is 24.0 Å². The Bertz CT molecular complexity index is 1260. The van der Waals surface area contributed by atoms with E-state index in [0.717, 1.165) is 62.6 Å². The number of rotatable bonds is 14. The molecule has 3 aromatic rings. The van der Waals surface area contributed by atoms with Crippen molar-refractivity contribution in [2.24, 2.45) is 14.1 Å². The predicted molar refractivity (Wildman–Crippen MR) is 136 cm³/mol. The molecular weight excluding hydrogens is 487 g/mol. The number of hydrogen-bond acceptors (Lipinski definition) is 5. The van der Waals surface area contributed by atoms with Crippen molar-refractivity contribution < 1.29 is 18.3 Å². The minimum Gasteiger partial charge on any atom is -0.392 e. The smallest absolute Gasteiger partial charge is 0.392 e. The van der Waals surface area contributed by atoms with Gasteiger partial charge in [-0.1, -0.05) is 50.7 Å². The van der Waals surface area contributed by atoms with E-state index in [-0.39, 0.29) is 11.2 Å². The van der Waals surface area contributed by atoms with Crippen molar-refractivity contribution in [3.63, 3.8) is 0 Å². The van der Waals surface area contributed by atoms with Gasteiger partial charge in [-0.15, -0.1) is 0 Å². The second-order valence-corrected chi connectivity index (χ2v) is 9.57. The van der Waals surface area contributed by atoms with E-state index in [0.29, 0.717) is 37.2 Å². The molecule has 1 aromatic carbocycles. The number of alkyl halides is 3. The van der Waals surface area contributed by atoms with Crippen molar-refractivity contribution in [3.8, 4) is 0 Å². The number of aryl methyl sites for hydroxylation is 2. The highest BCUT2D eigenvalue weighted by Gasteiger charge is 2.29. The standard InChI is InChI=1S/C26H36F3N5O3/c1-32-18-31-23-22(32)24(36)34(25(37)33(23)2)15-9-7-5-3-4-6-8-10-21(35)17-30-16-19-11-13-20(14-12-19)26(27,28)29/h11-14,18,21,30,35H,3-10,15-17H2,1-2H3. The first kappa shape index (κ1) is 28.6. The summed E-state index contributed by atoms with van der Waals surface area (Å²) in [6.07, 6.45) is 4.08. The van der Waals surface area contributed by atoms with Gasteiger partial charge in [0.2, 0.25) is 0 Å². The summed E-state index contributed by atoms with van der Waals surface area (Å²) < 4.78 is 42.1. The molecule has 37 heavy (non-hydrogen) atoms. The maximum Gasteiger partial charge on any atom is 0.416 e. The second kappa shape index (κ2) is 13.0. The number of unbranched alkanes of at least 4 members (excludes halogenated alkanes) is 6. The van der Waals surface area contributed by atoms with Crippen molar-refractivity contribution >= 4 is 11.2 Å². The Hall–Kier alpha value is -2.92. The third-order valence-electron chi connectivity index (χ3n) is 6.61. The number of imidazole rings is 1. The molecule has 0 fully saturated rings. The molecule has 204 valence electrons. The summed E-state index contributed by atoms with van der Waals surface area (Å²) in [5, 5.41) is 13.2. The summed E-state index contributed by atoms with van der Waals surface area (Å²) in [6.45, 7) is 1.19. The Kier molecular flexibility index (Phi) is 10.1. The lowest BCUT2D eigenvalue weighted by molar-refractivity contribution is -0.137. The van der Waals surface area contributed by atoms with E-state index in [2.05, 4.69) is 10.3 Å². The minimum absolute atomic E-state index is 0.300. The third kappa shape index (κ3) is 7.78. The van der Waals surface area contributed by atoms with Crippen LogP contribution in [0.2, 0.25) is 0 Å². The number of nitrogens with one attached hydrogen (secondary N) is 1. The van der Waals surface area contributed by atoms with Gasteiger partial charge in [-0.2, -0.15) is 13.2 Å². The second-order valence-electron chi connectivity index (χ2n) is 9.57. The largest absolute Gasteiger partial charge is 0.416 e. The van der Waals surface area contributed by atoms with E-state index in [9.17, 15) is 27.9 Å². The number of nitrogens with zero attached hydrogens (tertiary/aromatic N) is 4. The van der Waals surface area contributed by atoms with Gasteiger partial charge in [-0.3, -0.25) is 13.9 Å². The fraction of sp³-hybridized carbons (Fsp3) is 0.577. The molecule has 0 amide bonds. The highest BCUT2D eigenvalue weighted by Crippen LogP contribution is 2.29. The number of halogens is 3. The van der Waals surface area contributed by atoms with Crippen molar-refractivity contribution in [1.29, 1.82) is 0 Å². The van der Waals surface area contributed by atoms with Gasteiger partial charge >= 0.3 is 11.9 Å². The molecule has 0 bridgehead atoms. The van der Waals surface area contributed by atoms with Gasteiger partial charge in [-0.25, -0.2) is 9.78 Å². The van der Waals surface area contributed by atoms with Crippen LogP contribution in [0.4, 0.5) is 13.2 Å². The number of hydrogen-bond donors (Lipinski definition) is 2. The number of aliphatic hydroxyl groups is 1. The maximum absolute atomic E-state index is 12.7. The molecule has 2 aromatic heterocycles. The monoisotopic (exact) mass is 523 g/mol. The molecule has 11 heteroatoms. The molecule has 0 aliphatic carbocycles. The summed E-state index contributed by atoms with van der Waals surface area (Å²) in [4.78, 5) is 29.3. The van der Waals surface area contributed by atoms with E-state index in [1.165, 1.54) is 27.6 Å². The van der Waals surface area contributed by atoms with E-state index in [4.69, 9.17) is 0 Å². The van der Waals surface area contributed by atoms with Crippen LogP contribution in [0.15, 0.2) is 40.2 Å². The Morgan fingerprint density at radius 3 is 2.24 bits per heavy atom. The average molecular weight is 524 g/mol. The topological polar surface area (TPSA) is 94.1 Å². The summed E-state index contributed by atoms with van der Waals surface area (Å²) in [7, 11) is 3.37. The third-order valence-corrected chi connectivity index (χ3v) is 6.61. The summed E-state index contributed by atoms with van der Waals surface area (Å²) >= 11 is 0. The molecule has 0 radical (unpaired) electrons. The Labute approximate surface area is 213 Å². The van der Waals surface area contributed by atoms with Gasteiger partial charge in [0.05, 0.1) is 18.0 Å². The first-order valence-electron chi connectivity index (χ1n) is 12.8. The van der Waals surface area contributed by atoms with Crippen LogP contribution >= 0.6 is 0 Å². The summed E-state index contributed by atoms with van der Waals surface area (Å²) in [5.74, 6) is 0. The molecule has 1 atom stereocenters. The molecule has 8 nitrogen and oxygen atoms in total. The zero-order valence-electron chi connectivity index (χ0n) is 21.4. The summed E-state index contributed by atoms with van der Waals surface area (Å²) in [5.41, 5.74) is 0.255. The van der Waals surface area contributed by atoms with Crippen molar-refractivity contribution in [3.05, 3.63) is 62.6 Å². The number of fused-ring (bicyclic) bond motifs is 1. The van der Waals surface area contributed by atoms with Crippen molar-refractivity contribution in [2.75, 3.05) is 6.54 Å². The lowest BCUT2D eigenvalue weighted by Crippen LogP contribution is -2.39. The highest BCUT2D eigenvalue weighted by atomic mass is 19.4. The summed E-state index contributed by atoms with van der Waals surface area (Å²) in [6, 6.07) is 5.02. The average Bonchev–Trinajstić information content (AvgIpc) is 3.25. The number of benzene rings is 1. The van der Waals surface area contributed by atoms with Gasteiger partial charge in [0.1, 0.15) is 0 Å². The molecule has 0 aliphatic rings. The predicted octanol–water partition coefficient (Wildman–Crippen LogP) is 3.72. The quantitative estimate of drug-likeness (QED) is 0.314. The SMILES string of the molecule is Cn1cnc2c1c(=O)n(CCCCCCCCCC(O)CNCc1ccc(C(F)(F)F)cc1)c(=O)n2C. The normalized spacial score (nSPS) is 12.9. The van der Waals surface area contributed by atoms with E-state index >= 15 is 0 Å². The number of aliphatic hydroxyl groups excluding tert-OH is 1. The molecule has 2 N–H and O–H groups in total. The zero-order chi connectivity index (χ0) is 27.0. The van der Waals surface area contributed by atoms with Crippen LogP contribution in [0.1, 0.15) is 62.5 Å². The van der Waals surface area contributed by atoms with Crippen LogP contribution in [0.5, 0.6) is 0 Å². The zero-order valence-corrected chi connectivity index (χ0v) is 21.4. The first-order chi connectivity index (χ1) is 17.6. The Balaban J connectivity index is 1.24. The van der Waals surface area contributed by atoms with Crippen LogP contribution in [0, 0.1) is 0 Å². The first-order valence-corrected chi connectivity index (χ1v) is 12.8. The lowest BCUT2D eigenvalue weighted by atomic mass is 10.1. The van der Waals surface area contributed by atoms with Crippen LogP contribution in [0.3, 0.4) is 0 Å². The van der Waals surface area contributed by atoms with Crippen LogP contribution in [-0.2, 0) is 33.4 Å². The van der Waals surface area contributed by atoms with E-state index in [1.807, 2.05) is 0 Å². The fourth-order valence-corrected chi connectivity index (χ4v) is 4.42. The van der Waals surface area contributed by atoms with Crippen LogP contribution in [0.25, 0.3) is 11.2 Å². The van der Waals surface area contributed by atoms with Crippen molar-refractivity contribution in [2.45, 2.75) is 76.7 Å². The van der Waals surface area contributed by atoms with Gasteiger partial charge in [-0.05, 0) is 30.5 Å². The van der Waals surface area contributed by atoms with Gasteiger partial charge in [0.25, 0.3) is 5.56 Å². The molecule has 0 saturated carbocycles. The van der Waals surface area contributed by atoms with Crippen LogP contribution < -0.4 is 16.6 Å². The Morgan fingerprint density at radius 2 is 1.59 bits per heavy atom. The van der Waals surface area contributed by atoms with Gasteiger partial charge in [0, 0.05) is 33.7 Å². The molecule has 0 saturated heterocycles. The molecule has 2 heterocycles. The van der Waals surface area contributed by atoms with E-state index in [1.54, 1.807) is 18.7 Å². The van der Waals surface area contributed by atoms with Gasteiger partial charge in [0.15, 0.2) is 11.2 Å². The highest BCUT2D eigenvalue weighted by molar-refractivity contribution is 5.69. The fourth-order valence-electron chi connectivity index (χ4n) is 4.42. The molecular formula is C26H36F3N5O3.